The molecule has 1 aliphatic heterocycles. The van der Waals surface area contributed by atoms with Crippen molar-refractivity contribution < 1.29 is 0 Å². The molecule has 2 N–H and O–H groups in total. The van der Waals surface area contributed by atoms with E-state index in [1.54, 1.807) is 12.3 Å². The summed E-state index contributed by atoms with van der Waals surface area (Å²) >= 11 is 0. The van der Waals surface area contributed by atoms with Crippen molar-refractivity contribution in [2.24, 2.45) is 11.7 Å². The molecule has 0 bridgehead atoms. The first-order chi connectivity index (χ1) is 7.70. The monoisotopic (exact) mass is 216 g/mol. The number of nitrogens with zero attached hydrogens (tertiary/aromatic N) is 3. The molecule has 0 radical (unpaired) electrons. The van der Waals surface area contributed by atoms with E-state index in [-0.39, 0.29) is 6.04 Å². The molecule has 4 nitrogen and oxygen atoms in total. The summed E-state index contributed by atoms with van der Waals surface area (Å²) in [5, 5.41) is 8.83. The highest BCUT2D eigenvalue weighted by molar-refractivity contribution is 5.45. The van der Waals surface area contributed by atoms with Crippen LogP contribution in [0.4, 0.5) is 5.82 Å². The van der Waals surface area contributed by atoms with Gasteiger partial charge in [-0.1, -0.05) is 0 Å². The smallest absolute Gasteiger partial charge is 0.129 e. The maximum Gasteiger partial charge on any atom is 0.129 e. The fourth-order valence-corrected chi connectivity index (χ4v) is 2.09. The van der Waals surface area contributed by atoms with Crippen LogP contribution in [-0.2, 0) is 0 Å². The van der Waals surface area contributed by atoms with E-state index in [2.05, 4.69) is 16.0 Å². The van der Waals surface area contributed by atoms with Crippen molar-refractivity contribution in [1.82, 2.24) is 4.98 Å². The van der Waals surface area contributed by atoms with Crippen LogP contribution in [-0.4, -0.2) is 24.1 Å². The molecule has 0 amide bonds. The van der Waals surface area contributed by atoms with Crippen LogP contribution in [0.5, 0.6) is 0 Å². The van der Waals surface area contributed by atoms with Crippen LogP contribution in [0.2, 0.25) is 0 Å². The molecule has 2 rings (SSSR count). The van der Waals surface area contributed by atoms with E-state index in [4.69, 9.17) is 11.0 Å². The fourth-order valence-electron chi connectivity index (χ4n) is 2.09. The Balaban J connectivity index is 2.12. The molecule has 0 saturated carbocycles. The number of nitrogens with two attached hydrogens (primary N) is 1. The Morgan fingerprint density at radius 3 is 3.12 bits per heavy atom. The van der Waals surface area contributed by atoms with Crippen molar-refractivity contribution in [3.63, 3.8) is 0 Å². The van der Waals surface area contributed by atoms with Gasteiger partial charge in [0.1, 0.15) is 5.82 Å². The lowest BCUT2D eigenvalue weighted by Gasteiger charge is -2.18. The number of anilines is 1. The molecule has 2 unspecified atom stereocenters. The Hall–Kier alpha value is -1.60. The molecule has 84 valence electrons. The Morgan fingerprint density at radius 1 is 1.69 bits per heavy atom. The largest absolute Gasteiger partial charge is 0.356 e. The number of nitriles is 1. The highest BCUT2D eigenvalue weighted by Gasteiger charge is 2.25. The van der Waals surface area contributed by atoms with Crippen molar-refractivity contribution in [3.8, 4) is 6.07 Å². The molecular weight excluding hydrogens is 200 g/mol. The molecule has 1 fully saturated rings. The van der Waals surface area contributed by atoms with Crippen molar-refractivity contribution >= 4 is 5.82 Å². The predicted octanol–water partition coefficient (Wildman–Crippen LogP) is 1.13. The maximum atomic E-state index is 8.83. The van der Waals surface area contributed by atoms with E-state index in [0.717, 1.165) is 25.3 Å². The van der Waals surface area contributed by atoms with Gasteiger partial charge in [-0.2, -0.15) is 5.26 Å². The second-order valence-corrected chi connectivity index (χ2v) is 4.37. The Morgan fingerprint density at radius 2 is 2.50 bits per heavy atom. The maximum absolute atomic E-state index is 8.83. The van der Waals surface area contributed by atoms with E-state index in [9.17, 15) is 0 Å². The normalized spacial score (nSPS) is 21.8. The van der Waals surface area contributed by atoms with Crippen LogP contribution in [0.15, 0.2) is 18.3 Å². The number of pyridine rings is 1. The van der Waals surface area contributed by atoms with Crippen LogP contribution in [0.3, 0.4) is 0 Å². The molecule has 0 aromatic carbocycles. The molecule has 1 aromatic heterocycles. The second kappa shape index (κ2) is 4.50. The summed E-state index contributed by atoms with van der Waals surface area (Å²) in [5.41, 5.74) is 6.56. The van der Waals surface area contributed by atoms with Crippen LogP contribution in [0, 0.1) is 17.2 Å². The minimum absolute atomic E-state index is 0.226. The summed E-state index contributed by atoms with van der Waals surface area (Å²) < 4.78 is 0. The molecule has 1 aromatic rings. The van der Waals surface area contributed by atoms with Crippen LogP contribution in [0.1, 0.15) is 18.9 Å². The zero-order valence-electron chi connectivity index (χ0n) is 9.43. The molecule has 0 aliphatic carbocycles. The lowest BCUT2D eigenvalue weighted by atomic mass is 10.0. The van der Waals surface area contributed by atoms with Gasteiger partial charge in [-0.15, -0.1) is 0 Å². The first-order valence-electron chi connectivity index (χ1n) is 5.57. The Bertz CT molecular complexity index is 408. The third-order valence-corrected chi connectivity index (χ3v) is 3.17. The van der Waals surface area contributed by atoms with E-state index < -0.39 is 0 Å². The zero-order chi connectivity index (χ0) is 11.5. The van der Waals surface area contributed by atoms with Crippen LogP contribution < -0.4 is 10.6 Å². The van der Waals surface area contributed by atoms with Crippen LogP contribution >= 0.6 is 0 Å². The summed E-state index contributed by atoms with van der Waals surface area (Å²) in [5.74, 6) is 1.43. The van der Waals surface area contributed by atoms with Gasteiger partial charge in [0.15, 0.2) is 0 Å². The summed E-state index contributed by atoms with van der Waals surface area (Å²) in [6.07, 6.45) is 2.79. The number of hydrogen-bond donors (Lipinski definition) is 1. The third kappa shape index (κ3) is 2.15. The van der Waals surface area contributed by atoms with Gasteiger partial charge in [-0.3, -0.25) is 0 Å². The minimum atomic E-state index is 0.226. The number of rotatable bonds is 2. The van der Waals surface area contributed by atoms with Gasteiger partial charge in [0.2, 0.25) is 0 Å². The first-order valence-corrected chi connectivity index (χ1v) is 5.57. The zero-order valence-corrected chi connectivity index (χ0v) is 9.43. The molecule has 1 aliphatic rings. The molecule has 2 atom stereocenters. The average Bonchev–Trinajstić information content (AvgIpc) is 2.78. The van der Waals surface area contributed by atoms with Gasteiger partial charge in [-0.25, -0.2) is 4.98 Å². The lowest BCUT2D eigenvalue weighted by Crippen LogP contribution is -2.30. The van der Waals surface area contributed by atoms with Gasteiger partial charge < -0.3 is 10.6 Å². The second-order valence-electron chi connectivity index (χ2n) is 4.37. The number of aromatic nitrogens is 1. The predicted molar refractivity (Wildman–Crippen MR) is 62.9 cm³/mol. The molecule has 2 heterocycles. The molecule has 16 heavy (non-hydrogen) atoms. The summed E-state index contributed by atoms with van der Waals surface area (Å²) in [6, 6.07) is 5.92. The van der Waals surface area contributed by atoms with Gasteiger partial charge >= 0.3 is 0 Å². The van der Waals surface area contributed by atoms with Crippen molar-refractivity contribution in [3.05, 3.63) is 23.9 Å². The highest BCUT2D eigenvalue weighted by atomic mass is 15.2. The molecule has 4 heteroatoms. The fraction of sp³-hybridized carbons (Fsp3) is 0.500. The standard InChI is InChI=1S/C12H16N4/c1-9(14)11-3-5-16(8-11)12-6-10(7-13)2-4-15-12/h2,4,6,9,11H,3,5,8,14H2,1H3. The summed E-state index contributed by atoms with van der Waals surface area (Å²) in [7, 11) is 0. The highest BCUT2D eigenvalue weighted by Crippen LogP contribution is 2.23. The average molecular weight is 216 g/mol. The van der Waals surface area contributed by atoms with E-state index in [1.807, 2.05) is 13.0 Å². The Labute approximate surface area is 95.7 Å². The number of hydrogen-bond acceptors (Lipinski definition) is 4. The molecule has 0 spiro atoms. The van der Waals surface area contributed by atoms with Gasteiger partial charge in [-0.05, 0) is 31.4 Å². The first kappa shape index (κ1) is 10.9. The topological polar surface area (TPSA) is 65.9 Å². The van der Waals surface area contributed by atoms with Crippen molar-refractivity contribution in [2.75, 3.05) is 18.0 Å². The van der Waals surface area contributed by atoms with Gasteiger partial charge in [0.25, 0.3) is 0 Å². The third-order valence-electron chi connectivity index (χ3n) is 3.17. The molecule has 1 saturated heterocycles. The SMILES string of the molecule is CC(N)C1CCN(c2cc(C#N)ccn2)C1. The lowest BCUT2D eigenvalue weighted by molar-refractivity contribution is 0.488. The van der Waals surface area contributed by atoms with Gasteiger partial charge in [0.05, 0.1) is 11.6 Å². The minimum Gasteiger partial charge on any atom is -0.356 e. The van der Waals surface area contributed by atoms with E-state index in [1.165, 1.54) is 0 Å². The summed E-state index contributed by atoms with van der Waals surface area (Å²) in [6.45, 7) is 3.97. The van der Waals surface area contributed by atoms with Gasteiger partial charge in [0, 0.05) is 25.3 Å². The quantitative estimate of drug-likeness (QED) is 0.804. The van der Waals surface area contributed by atoms with Crippen LogP contribution in [0.25, 0.3) is 0 Å². The molecular formula is C12H16N4. The van der Waals surface area contributed by atoms with E-state index in [0.29, 0.717) is 11.5 Å². The Kier molecular flexibility index (Phi) is 3.07. The van der Waals surface area contributed by atoms with Crippen molar-refractivity contribution in [1.29, 1.82) is 5.26 Å². The summed E-state index contributed by atoms with van der Waals surface area (Å²) in [4.78, 5) is 6.50. The van der Waals surface area contributed by atoms with E-state index >= 15 is 0 Å². The van der Waals surface area contributed by atoms with Crippen molar-refractivity contribution in [2.45, 2.75) is 19.4 Å².